The fourth-order valence-corrected chi connectivity index (χ4v) is 2.60. The Kier molecular flexibility index (Phi) is 5.38. The van der Waals surface area contributed by atoms with E-state index in [1.54, 1.807) is 12.1 Å². The number of fused-ring (bicyclic) bond motifs is 1. The summed E-state index contributed by atoms with van der Waals surface area (Å²) in [5, 5.41) is 2.83. The zero-order valence-electron chi connectivity index (χ0n) is 14.0. The van der Waals surface area contributed by atoms with E-state index in [0.29, 0.717) is 31.1 Å². The molecule has 6 heteroatoms. The van der Waals surface area contributed by atoms with E-state index in [2.05, 4.69) is 5.32 Å². The lowest BCUT2D eigenvalue weighted by molar-refractivity contribution is -0.121. The molecule has 1 unspecified atom stereocenters. The normalized spacial score (nSPS) is 15.5. The van der Waals surface area contributed by atoms with Crippen LogP contribution in [-0.2, 0) is 11.2 Å². The van der Waals surface area contributed by atoms with E-state index in [9.17, 15) is 9.18 Å². The van der Waals surface area contributed by atoms with Gasteiger partial charge in [-0.2, -0.15) is 0 Å². The van der Waals surface area contributed by atoms with Gasteiger partial charge in [0, 0.05) is 6.42 Å². The van der Waals surface area contributed by atoms with E-state index < -0.39 is 5.82 Å². The van der Waals surface area contributed by atoms with E-state index in [4.69, 9.17) is 14.2 Å². The molecule has 0 saturated carbocycles. The van der Waals surface area contributed by atoms with Crippen molar-refractivity contribution >= 4 is 5.91 Å². The highest BCUT2D eigenvalue weighted by Crippen LogP contribution is 2.30. The van der Waals surface area contributed by atoms with E-state index in [1.807, 2.05) is 24.3 Å². The zero-order chi connectivity index (χ0) is 17.6. The van der Waals surface area contributed by atoms with Gasteiger partial charge in [-0.05, 0) is 36.2 Å². The molecular weight excluding hydrogens is 325 g/mol. The number of benzene rings is 2. The maximum absolute atomic E-state index is 13.6. The maximum atomic E-state index is 13.6. The number of amides is 1. The minimum Gasteiger partial charge on any atom is -0.494 e. The second-order valence-corrected chi connectivity index (χ2v) is 5.77. The molecule has 1 atom stereocenters. The molecule has 1 aliphatic rings. The molecule has 0 radical (unpaired) electrons. The van der Waals surface area contributed by atoms with Gasteiger partial charge in [-0.3, -0.25) is 4.79 Å². The third kappa shape index (κ3) is 4.41. The molecule has 2 aromatic rings. The standard InChI is InChI=1S/C19H20FNO4/c1-23-16-8-6-13(10-15(16)20)7-9-19(22)21-11-14-12-24-17-4-2-3-5-18(17)25-14/h2-6,8,10,14H,7,9,11-12H2,1H3,(H,21,22). The number of aryl methyl sites for hydroxylation is 1. The maximum Gasteiger partial charge on any atom is 0.220 e. The lowest BCUT2D eigenvalue weighted by Crippen LogP contribution is -2.40. The van der Waals surface area contributed by atoms with Crippen molar-refractivity contribution in [2.75, 3.05) is 20.3 Å². The molecule has 0 aromatic heterocycles. The number of halogens is 1. The first-order valence-corrected chi connectivity index (χ1v) is 8.13. The van der Waals surface area contributed by atoms with Crippen LogP contribution in [0.5, 0.6) is 17.2 Å². The first-order valence-electron chi connectivity index (χ1n) is 8.13. The molecule has 1 amide bonds. The van der Waals surface area contributed by atoms with Crippen molar-refractivity contribution in [1.82, 2.24) is 5.32 Å². The third-order valence-electron chi connectivity index (χ3n) is 3.95. The second-order valence-electron chi connectivity index (χ2n) is 5.77. The summed E-state index contributed by atoms with van der Waals surface area (Å²) in [5.74, 6) is 1.06. The molecule has 0 bridgehead atoms. The van der Waals surface area contributed by atoms with Gasteiger partial charge in [-0.1, -0.05) is 18.2 Å². The molecule has 1 aliphatic heterocycles. The van der Waals surface area contributed by atoms with Crippen LogP contribution >= 0.6 is 0 Å². The molecule has 1 heterocycles. The lowest BCUT2D eigenvalue weighted by atomic mass is 10.1. The van der Waals surface area contributed by atoms with Gasteiger partial charge in [0.1, 0.15) is 12.7 Å². The molecule has 2 aromatic carbocycles. The monoisotopic (exact) mass is 345 g/mol. The number of nitrogens with one attached hydrogen (secondary N) is 1. The summed E-state index contributed by atoms with van der Waals surface area (Å²) in [4.78, 5) is 12.0. The van der Waals surface area contributed by atoms with Gasteiger partial charge in [0.15, 0.2) is 23.1 Å². The molecule has 132 valence electrons. The molecule has 5 nitrogen and oxygen atoms in total. The molecular formula is C19H20FNO4. The molecule has 0 fully saturated rings. The van der Waals surface area contributed by atoms with Crippen molar-refractivity contribution in [3.05, 3.63) is 53.8 Å². The average Bonchev–Trinajstić information content (AvgIpc) is 2.64. The largest absolute Gasteiger partial charge is 0.494 e. The van der Waals surface area contributed by atoms with Crippen LogP contribution in [0.1, 0.15) is 12.0 Å². The van der Waals surface area contributed by atoms with Crippen molar-refractivity contribution in [3.8, 4) is 17.2 Å². The van der Waals surface area contributed by atoms with Crippen molar-refractivity contribution in [2.45, 2.75) is 18.9 Å². The minimum absolute atomic E-state index is 0.112. The van der Waals surface area contributed by atoms with E-state index in [-0.39, 0.29) is 24.2 Å². The van der Waals surface area contributed by atoms with Crippen LogP contribution in [0, 0.1) is 5.82 Å². The van der Waals surface area contributed by atoms with Crippen LogP contribution in [0.25, 0.3) is 0 Å². The first kappa shape index (κ1) is 17.1. The molecule has 25 heavy (non-hydrogen) atoms. The van der Waals surface area contributed by atoms with Crippen molar-refractivity contribution in [1.29, 1.82) is 0 Å². The number of carbonyl (C=O) groups is 1. The van der Waals surface area contributed by atoms with E-state index >= 15 is 0 Å². The molecule has 0 spiro atoms. The Labute approximate surface area is 145 Å². The molecule has 0 saturated heterocycles. The van der Waals surface area contributed by atoms with Crippen molar-refractivity contribution in [2.24, 2.45) is 0 Å². The van der Waals surface area contributed by atoms with E-state index in [0.717, 1.165) is 5.56 Å². The number of ether oxygens (including phenoxy) is 3. The Morgan fingerprint density at radius 1 is 1.28 bits per heavy atom. The summed E-state index contributed by atoms with van der Waals surface area (Å²) in [7, 11) is 1.42. The number of para-hydroxylation sites is 2. The van der Waals surface area contributed by atoms with Crippen LogP contribution in [0.15, 0.2) is 42.5 Å². The van der Waals surface area contributed by atoms with Crippen LogP contribution in [0.4, 0.5) is 4.39 Å². The number of carbonyl (C=O) groups excluding carboxylic acids is 1. The Morgan fingerprint density at radius 2 is 2.08 bits per heavy atom. The first-order chi connectivity index (χ1) is 12.2. The molecule has 3 rings (SSSR count). The predicted molar refractivity (Wildman–Crippen MR) is 90.6 cm³/mol. The Morgan fingerprint density at radius 3 is 2.84 bits per heavy atom. The zero-order valence-corrected chi connectivity index (χ0v) is 14.0. The van der Waals surface area contributed by atoms with Gasteiger partial charge in [-0.25, -0.2) is 4.39 Å². The Balaban J connectivity index is 1.44. The SMILES string of the molecule is COc1ccc(CCC(=O)NCC2COc3ccccc3O2)cc1F. The van der Waals surface area contributed by atoms with Gasteiger partial charge >= 0.3 is 0 Å². The molecule has 1 N–H and O–H groups in total. The molecule has 0 aliphatic carbocycles. The number of methoxy groups -OCH3 is 1. The van der Waals surface area contributed by atoms with Crippen molar-refractivity contribution in [3.63, 3.8) is 0 Å². The lowest BCUT2D eigenvalue weighted by Gasteiger charge is -2.26. The van der Waals surface area contributed by atoms with Gasteiger partial charge in [0.05, 0.1) is 13.7 Å². The topological polar surface area (TPSA) is 56.8 Å². The summed E-state index contributed by atoms with van der Waals surface area (Å²) in [6, 6.07) is 12.1. The van der Waals surface area contributed by atoms with Gasteiger partial charge in [0.25, 0.3) is 0 Å². The smallest absolute Gasteiger partial charge is 0.220 e. The summed E-state index contributed by atoms with van der Waals surface area (Å²) >= 11 is 0. The summed E-state index contributed by atoms with van der Waals surface area (Å²) in [6.45, 7) is 0.755. The third-order valence-corrected chi connectivity index (χ3v) is 3.95. The number of hydrogen-bond acceptors (Lipinski definition) is 4. The summed E-state index contributed by atoms with van der Waals surface area (Å²) in [6.07, 6.45) is 0.505. The highest BCUT2D eigenvalue weighted by molar-refractivity contribution is 5.76. The summed E-state index contributed by atoms with van der Waals surface area (Å²) < 4.78 is 29.9. The van der Waals surface area contributed by atoms with Crippen LogP contribution in [0.3, 0.4) is 0 Å². The van der Waals surface area contributed by atoms with Crippen LogP contribution in [0.2, 0.25) is 0 Å². The number of rotatable bonds is 6. The van der Waals surface area contributed by atoms with Gasteiger partial charge < -0.3 is 19.5 Å². The number of hydrogen-bond donors (Lipinski definition) is 1. The Hall–Kier alpha value is -2.76. The quantitative estimate of drug-likeness (QED) is 0.875. The van der Waals surface area contributed by atoms with Gasteiger partial charge in [0.2, 0.25) is 5.91 Å². The van der Waals surface area contributed by atoms with Gasteiger partial charge in [-0.15, -0.1) is 0 Å². The van der Waals surface area contributed by atoms with Crippen LogP contribution in [-0.4, -0.2) is 32.3 Å². The van der Waals surface area contributed by atoms with E-state index in [1.165, 1.54) is 13.2 Å². The highest BCUT2D eigenvalue weighted by atomic mass is 19.1. The minimum atomic E-state index is -0.424. The highest BCUT2D eigenvalue weighted by Gasteiger charge is 2.20. The Bertz CT molecular complexity index is 750. The fourth-order valence-electron chi connectivity index (χ4n) is 2.60. The fraction of sp³-hybridized carbons (Fsp3) is 0.316. The van der Waals surface area contributed by atoms with Crippen molar-refractivity contribution < 1.29 is 23.4 Å². The average molecular weight is 345 g/mol. The predicted octanol–water partition coefficient (Wildman–Crippen LogP) is 2.72. The second kappa shape index (κ2) is 7.88. The summed E-state index contributed by atoms with van der Waals surface area (Å²) in [5.41, 5.74) is 0.750. The van der Waals surface area contributed by atoms with Crippen LogP contribution < -0.4 is 19.5 Å².